The second kappa shape index (κ2) is 4.49. The van der Waals surface area contributed by atoms with Crippen LogP contribution in [0.2, 0.25) is 0 Å². The quantitative estimate of drug-likeness (QED) is 0.914. The van der Waals surface area contributed by atoms with Crippen LogP contribution < -0.4 is 4.90 Å². The van der Waals surface area contributed by atoms with Crippen molar-refractivity contribution in [3.8, 4) is 0 Å². The molecule has 0 bridgehead atoms. The average molecular weight is 271 g/mol. The molecule has 0 aromatic carbocycles. The molecule has 2 rings (SSSR count). The predicted octanol–water partition coefficient (Wildman–Crippen LogP) is 2.05. The van der Waals surface area contributed by atoms with Crippen LogP contribution in [-0.4, -0.2) is 29.8 Å². The second-order valence-electron chi connectivity index (χ2n) is 4.23. The minimum absolute atomic E-state index is 0.0657. The van der Waals surface area contributed by atoms with Gasteiger partial charge in [-0.2, -0.15) is 0 Å². The number of pyridine rings is 1. The van der Waals surface area contributed by atoms with E-state index in [-0.39, 0.29) is 6.10 Å². The molecule has 15 heavy (non-hydrogen) atoms. The Kier molecular flexibility index (Phi) is 3.26. The van der Waals surface area contributed by atoms with Crippen LogP contribution in [0.1, 0.15) is 12.8 Å². The summed E-state index contributed by atoms with van der Waals surface area (Å²) in [6.45, 7) is 0.995. The van der Waals surface area contributed by atoms with Crippen molar-refractivity contribution in [2.24, 2.45) is 5.92 Å². The zero-order valence-electron chi connectivity index (χ0n) is 8.73. The topological polar surface area (TPSA) is 36.4 Å². The highest BCUT2D eigenvalue weighted by Crippen LogP contribution is 2.29. The Morgan fingerprint density at radius 3 is 2.87 bits per heavy atom. The van der Waals surface area contributed by atoms with Gasteiger partial charge in [-0.05, 0) is 40.8 Å². The van der Waals surface area contributed by atoms with Crippen LogP contribution in [0.3, 0.4) is 0 Å². The number of hydrogen-bond donors (Lipinski definition) is 1. The maximum absolute atomic E-state index is 9.21. The van der Waals surface area contributed by atoms with Gasteiger partial charge in [-0.15, -0.1) is 0 Å². The molecule has 1 fully saturated rings. The van der Waals surface area contributed by atoms with E-state index in [2.05, 4.69) is 38.9 Å². The van der Waals surface area contributed by atoms with Crippen LogP contribution >= 0.6 is 15.9 Å². The second-order valence-corrected chi connectivity index (χ2v) is 5.15. The fourth-order valence-corrected chi connectivity index (χ4v) is 2.30. The fourth-order valence-electron chi connectivity index (χ4n) is 1.95. The molecular formula is C11H15BrN2O. The van der Waals surface area contributed by atoms with Crippen LogP contribution in [0.25, 0.3) is 0 Å². The van der Waals surface area contributed by atoms with Gasteiger partial charge >= 0.3 is 0 Å². The summed E-state index contributed by atoms with van der Waals surface area (Å²) in [5.41, 5.74) is 1.12. The number of anilines is 1. The molecule has 0 unspecified atom stereocenters. The Morgan fingerprint density at radius 2 is 2.27 bits per heavy atom. The maximum atomic E-state index is 9.21. The van der Waals surface area contributed by atoms with E-state index in [1.807, 2.05) is 6.20 Å². The number of hydrogen-bond acceptors (Lipinski definition) is 3. The summed E-state index contributed by atoms with van der Waals surface area (Å²) < 4.78 is 1.00. The van der Waals surface area contributed by atoms with Crippen LogP contribution in [0, 0.1) is 5.92 Å². The number of rotatable bonds is 3. The van der Waals surface area contributed by atoms with Crippen molar-refractivity contribution >= 4 is 21.6 Å². The molecule has 3 nitrogen and oxygen atoms in total. The van der Waals surface area contributed by atoms with Gasteiger partial charge in [-0.25, -0.2) is 0 Å². The summed E-state index contributed by atoms with van der Waals surface area (Å²) >= 11 is 3.41. The Bertz CT molecular complexity index is 339. The Labute approximate surface area is 98.3 Å². The fraction of sp³-hybridized carbons (Fsp3) is 0.545. The largest absolute Gasteiger partial charge is 0.393 e. The lowest BCUT2D eigenvalue weighted by Crippen LogP contribution is -2.37. The first-order valence-electron chi connectivity index (χ1n) is 5.15. The Hall–Kier alpha value is -0.610. The Balaban J connectivity index is 1.93. The molecule has 1 saturated carbocycles. The molecule has 0 spiro atoms. The summed E-state index contributed by atoms with van der Waals surface area (Å²) in [6, 6.07) is 2.06. The van der Waals surface area contributed by atoms with Gasteiger partial charge in [0, 0.05) is 24.3 Å². The van der Waals surface area contributed by atoms with Crippen molar-refractivity contribution in [1.29, 1.82) is 0 Å². The summed E-state index contributed by atoms with van der Waals surface area (Å²) in [5, 5.41) is 9.21. The standard InChI is InChI=1S/C11H15BrN2O/c1-14(7-8-2-11(15)3-8)10-4-9(12)5-13-6-10/h4-6,8,11,15H,2-3,7H2,1H3. The summed E-state index contributed by atoms with van der Waals surface area (Å²) in [5.74, 6) is 0.629. The van der Waals surface area contributed by atoms with Crippen molar-refractivity contribution in [2.45, 2.75) is 18.9 Å². The zero-order valence-corrected chi connectivity index (χ0v) is 10.3. The van der Waals surface area contributed by atoms with E-state index in [9.17, 15) is 5.11 Å². The first kappa shape index (κ1) is 10.9. The molecule has 4 heteroatoms. The lowest BCUT2D eigenvalue weighted by Gasteiger charge is -2.35. The molecule has 0 saturated heterocycles. The van der Waals surface area contributed by atoms with E-state index < -0.39 is 0 Å². The van der Waals surface area contributed by atoms with Gasteiger partial charge in [-0.3, -0.25) is 4.98 Å². The van der Waals surface area contributed by atoms with Gasteiger partial charge in [0.25, 0.3) is 0 Å². The third-order valence-electron chi connectivity index (χ3n) is 2.87. The third-order valence-corrected chi connectivity index (χ3v) is 3.31. The van der Waals surface area contributed by atoms with Gasteiger partial charge < -0.3 is 10.0 Å². The van der Waals surface area contributed by atoms with E-state index in [0.717, 1.165) is 29.5 Å². The van der Waals surface area contributed by atoms with Crippen molar-refractivity contribution in [2.75, 3.05) is 18.5 Å². The van der Waals surface area contributed by atoms with Crippen LogP contribution in [0.4, 0.5) is 5.69 Å². The van der Waals surface area contributed by atoms with Gasteiger partial charge in [0.1, 0.15) is 0 Å². The van der Waals surface area contributed by atoms with E-state index in [0.29, 0.717) is 5.92 Å². The van der Waals surface area contributed by atoms with Gasteiger partial charge in [-0.1, -0.05) is 0 Å². The van der Waals surface area contributed by atoms with Gasteiger partial charge in [0.2, 0.25) is 0 Å². The van der Waals surface area contributed by atoms with Crippen LogP contribution in [-0.2, 0) is 0 Å². The molecule has 1 aromatic heterocycles. The summed E-state index contributed by atoms with van der Waals surface area (Å²) in [6.07, 6.45) is 5.45. The highest BCUT2D eigenvalue weighted by atomic mass is 79.9. The molecular weight excluding hydrogens is 256 g/mol. The first-order valence-corrected chi connectivity index (χ1v) is 5.94. The SMILES string of the molecule is CN(CC1CC(O)C1)c1cncc(Br)c1. The minimum Gasteiger partial charge on any atom is -0.393 e. The molecule has 0 atom stereocenters. The molecule has 0 amide bonds. The average Bonchev–Trinajstić information content (AvgIpc) is 2.15. The normalized spacial score (nSPS) is 24.7. The van der Waals surface area contributed by atoms with Crippen molar-refractivity contribution < 1.29 is 5.11 Å². The van der Waals surface area contributed by atoms with Crippen molar-refractivity contribution in [3.05, 3.63) is 22.9 Å². The monoisotopic (exact) mass is 270 g/mol. The molecule has 1 aliphatic carbocycles. The van der Waals surface area contributed by atoms with Crippen LogP contribution in [0.15, 0.2) is 22.9 Å². The van der Waals surface area contributed by atoms with Gasteiger partial charge in [0.15, 0.2) is 0 Å². The molecule has 1 heterocycles. The zero-order chi connectivity index (χ0) is 10.8. The first-order chi connectivity index (χ1) is 7.15. The smallest absolute Gasteiger partial charge is 0.0561 e. The number of aliphatic hydroxyl groups is 1. The molecule has 1 aliphatic rings. The van der Waals surface area contributed by atoms with E-state index in [1.165, 1.54) is 0 Å². The number of halogens is 1. The van der Waals surface area contributed by atoms with E-state index >= 15 is 0 Å². The van der Waals surface area contributed by atoms with Gasteiger partial charge in [0.05, 0.1) is 18.0 Å². The lowest BCUT2D eigenvalue weighted by atomic mass is 9.82. The van der Waals surface area contributed by atoms with E-state index in [4.69, 9.17) is 0 Å². The maximum Gasteiger partial charge on any atom is 0.0561 e. The molecule has 82 valence electrons. The van der Waals surface area contributed by atoms with E-state index in [1.54, 1.807) is 6.20 Å². The number of nitrogens with zero attached hydrogens (tertiary/aromatic N) is 2. The summed E-state index contributed by atoms with van der Waals surface area (Å²) in [7, 11) is 2.06. The summed E-state index contributed by atoms with van der Waals surface area (Å²) in [4.78, 5) is 6.32. The lowest BCUT2D eigenvalue weighted by molar-refractivity contribution is 0.0465. The Morgan fingerprint density at radius 1 is 1.53 bits per heavy atom. The molecule has 1 N–H and O–H groups in total. The number of aromatic nitrogens is 1. The molecule has 0 radical (unpaired) electrons. The highest BCUT2D eigenvalue weighted by molar-refractivity contribution is 9.10. The van der Waals surface area contributed by atoms with Crippen molar-refractivity contribution in [3.63, 3.8) is 0 Å². The molecule has 0 aliphatic heterocycles. The third kappa shape index (κ3) is 2.69. The van der Waals surface area contributed by atoms with Crippen LogP contribution in [0.5, 0.6) is 0 Å². The molecule has 1 aromatic rings. The number of aliphatic hydroxyl groups excluding tert-OH is 1. The minimum atomic E-state index is -0.0657. The predicted molar refractivity (Wildman–Crippen MR) is 63.9 cm³/mol. The van der Waals surface area contributed by atoms with Crippen molar-refractivity contribution in [1.82, 2.24) is 4.98 Å². The highest BCUT2D eigenvalue weighted by Gasteiger charge is 2.27.